The van der Waals surface area contributed by atoms with Gasteiger partial charge in [-0.05, 0) is 26.0 Å². The van der Waals surface area contributed by atoms with Crippen molar-refractivity contribution in [3.05, 3.63) is 61.1 Å². The molecule has 24 heavy (non-hydrogen) atoms. The minimum atomic E-state index is 0.323. The molecule has 3 heterocycles. The molecule has 0 N–H and O–H groups in total. The number of imidazole rings is 1. The zero-order valence-electron chi connectivity index (χ0n) is 13.7. The van der Waals surface area contributed by atoms with Gasteiger partial charge >= 0.3 is 0 Å². The first-order valence-electron chi connectivity index (χ1n) is 7.97. The number of hydrogen-bond donors (Lipinski definition) is 0. The summed E-state index contributed by atoms with van der Waals surface area (Å²) in [4.78, 5) is 9.00. The van der Waals surface area contributed by atoms with E-state index in [9.17, 15) is 0 Å². The normalized spacial score (nSPS) is 11.5. The number of rotatable bonds is 4. The Morgan fingerprint density at radius 1 is 1.04 bits per heavy atom. The van der Waals surface area contributed by atoms with Crippen LogP contribution in [0, 0.1) is 0 Å². The van der Waals surface area contributed by atoms with Crippen LogP contribution >= 0.6 is 0 Å². The molecule has 4 aromatic rings. The first-order valence-corrected chi connectivity index (χ1v) is 7.97. The lowest BCUT2D eigenvalue weighted by Gasteiger charge is -2.13. The van der Waals surface area contributed by atoms with Crippen LogP contribution in [0.1, 0.15) is 25.7 Å². The van der Waals surface area contributed by atoms with Crippen LogP contribution in [-0.4, -0.2) is 29.3 Å². The predicted molar refractivity (Wildman–Crippen MR) is 92.5 cm³/mol. The Labute approximate surface area is 139 Å². The van der Waals surface area contributed by atoms with Crippen LogP contribution in [0.15, 0.2) is 55.2 Å². The molecule has 0 spiro atoms. The molecular formula is C18H18N6. The summed E-state index contributed by atoms with van der Waals surface area (Å²) in [5.74, 6) is 1.83. The Morgan fingerprint density at radius 3 is 2.83 bits per heavy atom. The largest absolute Gasteiger partial charge is 0.323 e. The maximum atomic E-state index is 4.57. The van der Waals surface area contributed by atoms with Crippen molar-refractivity contribution in [2.75, 3.05) is 0 Å². The number of aromatic nitrogens is 6. The first-order chi connectivity index (χ1) is 11.7. The minimum absolute atomic E-state index is 0.323. The van der Waals surface area contributed by atoms with Crippen molar-refractivity contribution in [3.63, 3.8) is 0 Å². The third kappa shape index (κ3) is 2.46. The van der Waals surface area contributed by atoms with Crippen LogP contribution in [0.4, 0.5) is 0 Å². The van der Waals surface area contributed by atoms with Crippen molar-refractivity contribution >= 4 is 10.9 Å². The average Bonchev–Trinajstić information content (AvgIpc) is 3.24. The second-order valence-corrected chi connectivity index (χ2v) is 6.00. The van der Waals surface area contributed by atoms with Gasteiger partial charge < -0.3 is 9.13 Å². The smallest absolute Gasteiger partial charge is 0.153 e. The Kier molecular flexibility index (Phi) is 3.57. The van der Waals surface area contributed by atoms with Crippen molar-refractivity contribution in [3.8, 4) is 11.4 Å². The summed E-state index contributed by atoms with van der Waals surface area (Å²) in [7, 11) is 0. The Morgan fingerprint density at radius 2 is 1.96 bits per heavy atom. The van der Waals surface area contributed by atoms with Crippen LogP contribution in [0.2, 0.25) is 0 Å². The molecule has 0 saturated carbocycles. The van der Waals surface area contributed by atoms with Gasteiger partial charge in [-0.2, -0.15) is 0 Å². The van der Waals surface area contributed by atoms with Gasteiger partial charge in [0.2, 0.25) is 0 Å². The van der Waals surface area contributed by atoms with E-state index in [1.54, 1.807) is 6.33 Å². The lowest BCUT2D eigenvalue weighted by molar-refractivity contribution is 0.554. The number of pyridine rings is 1. The molecule has 6 nitrogen and oxygen atoms in total. The summed E-state index contributed by atoms with van der Waals surface area (Å²) in [6.07, 6.45) is 7.38. The van der Waals surface area contributed by atoms with E-state index in [-0.39, 0.29) is 0 Å². The fourth-order valence-electron chi connectivity index (χ4n) is 2.94. The fraction of sp³-hybridized carbons (Fsp3) is 0.222. The van der Waals surface area contributed by atoms with Gasteiger partial charge in [0.15, 0.2) is 5.82 Å². The Bertz CT molecular complexity index is 977. The van der Waals surface area contributed by atoms with Crippen LogP contribution in [0.5, 0.6) is 0 Å². The predicted octanol–water partition coefficient (Wildman–Crippen LogP) is 3.32. The van der Waals surface area contributed by atoms with Crippen LogP contribution in [-0.2, 0) is 6.54 Å². The van der Waals surface area contributed by atoms with Gasteiger partial charge in [-0.15, -0.1) is 10.2 Å². The van der Waals surface area contributed by atoms with Gasteiger partial charge in [0, 0.05) is 35.6 Å². The number of benzene rings is 1. The van der Waals surface area contributed by atoms with Crippen LogP contribution < -0.4 is 0 Å². The topological polar surface area (TPSA) is 61.4 Å². The molecule has 4 rings (SSSR count). The van der Waals surface area contributed by atoms with E-state index >= 15 is 0 Å². The van der Waals surface area contributed by atoms with Gasteiger partial charge in [-0.1, -0.05) is 18.2 Å². The van der Waals surface area contributed by atoms with Crippen molar-refractivity contribution in [2.45, 2.75) is 26.4 Å². The molecule has 0 atom stereocenters. The molecule has 6 heteroatoms. The molecule has 0 saturated heterocycles. The maximum absolute atomic E-state index is 4.57. The molecule has 0 fully saturated rings. The van der Waals surface area contributed by atoms with Gasteiger partial charge in [0.1, 0.15) is 12.2 Å². The SMILES string of the molecule is CC(C)n1cnnc1Cn1ccnc1-c1cccc2ncccc12. The summed E-state index contributed by atoms with van der Waals surface area (Å²) in [5.41, 5.74) is 2.04. The molecule has 0 aliphatic heterocycles. The highest BCUT2D eigenvalue weighted by Crippen LogP contribution is 2.26. The van der Waals surface area contributed by atoms with Gasteiger partial charge in [0.25, 0.3) is 0 Å². The molecule has 1 aromatic carbocycles. The molecule has 120 valence electrons. The van der Waals surface area contributed by atoms with E-state index in [0.29, 0.717) is 12.6 Å². The quantitative estimate of drug-likeness (QED) is 0.579. The van der Waals surface area contributed by atoms with E-state index in [1.807, 2.05) is 36.8 Å². The lowest BCUT2D eigenvalue weighted by atomic mass is 10.1. The molecule has 0 aliphatic rings. The van der Waals surface area contributed by atoms with E-state index in [2.05, 4.69) is 55.3 Å². The fourth-order valence-corrected chi connectivity index (χ4v) is 2.94. The van der Waals surface area contributed by atoms with Crippen molar-refractivity contribution in [1.29, 1.82) is 0 Å². The molecule has 0 unspecified atom stereocenters. The van der Waals surface area contributed by atoms with Gasteiger partial charge in [0.05, 0.1) is 12.1 Å². The molecular weight excluding hydrogens is 300 g/mol. The highest BCUT2D eigenvalue weighted by Gasteiger charge is 2.13. The average molecular weight is 318 g/mol. The second-order valence-electron chi connectivity index (χ2n) is 6.00. The highest BCUT2D eigenvalue weighted by atomic mass is 15.3. The summed E-state index contributed by atoms with van der Waals surface area (Å²) in [6, 6.07) is 10.5. The van der Waals surface area contributed by atoms with Crippen molar-refractivity contribution in [2.24, 2.45) is 0 Å². The second kappa shape index (κ2) is 5.88. The lowest BCUT2D eigenvalue weighted by Crippen LogP contribution is -2.10. The summed E-state index contributed by atoms with van der Waals surface area (Å²) >= 11 is 0. The minimum Gasteiger partial charge on any atom is -0.323 e. The molecule has 0 aliphatic carbocycles. The molecule has 0 radical (unpaired) electrons. The third-order valence-electron chi connectivity index (χ3n) is 4.12. The van der Waals surface area contributed by atoms with Gasteiger partial charge in [-0.25, -0.2) is 4.98 Å². The van der Waals surface area contributed by atoms with Crippen molar-refractivity contribution in [1.82, 2.24) is 29.3 Å². The first kappa shape index (κ1) is 14.6. The van der Waals surface area contributed by atoms with Gasteiger partial charge in [-0.3, -0.25) is 4.98 Å². The molecule has 0 bridgehead atoms. The molecule has 3 aromatic heterocycles. The van der Waals surface area contributed by atoms with Crippen molar-refractivity contribution < 1.29 is 0 Å². The monoisotopic (exact) mass is 318 g/mol. The summed E-state index contributed by atoms with van der Waals surface area (Å²) in [6.45, 7) is 4.88. The Hall–Kier alpha value is -3.02. The Balaban J connectivity index is 1.79. The standard InChI is InChI=1S/C18H18N6/c1-13(2)24-12-21-22-17(24)11-23-10-9-20-18(23)15-5-3-7-16-14(15)6-4-8-19-16/h3-10,12-13H,11H2,1-2H3. The van der Waals surface area contributed by atoms with E-state index in [1.165, 1.54) is 0 Å². The summed E-state index contributed by atoms with van der Waals surface area (Å²) < 4.78 is 4.18. The maximum Gasteiger partial charge on any atom is 0.153 e. The third-order valence-corrected chi connectivity index (χ3v) is 4.12. The van der Waals surface area contributed by atoms with E-state index < -0.39 is 0 Å². The van der Waals surface area contributed by atoms with Crippen LogP contribution in [0.3, 0.4) is 0 Å². The number of nitrogens with zero attached hydrogens (tertiary/aromatic N) is 6. The zero-order chi connectivity index (χ0) is 16.5. The summed E-state index contributed by atoms with van der Waals surface area (Å²) in [5, 5.41) is 9.40. The van der Waals surface area contributed by atoms with E-state index in [0.717, 1.165) is 28.1 Å². The number of fused-ring (bicyclic) bond motifs is 1. The van der Waals surface area contributed by atoms with Crippen LogP contribution in [0.25, 0.3) is 22.3 Å². The van der Waals surface area contributed by atoms with E-state index in [4.69, 9.17) is 0 Å². The zero-order valence-corrected chi connectivity index (χ0v) is 13.7. The molecule has 0 amide bonds. The number of hydrogen-bond acceptors (Lipinski definition) is 4. The highest BCUT2D eigenvalue weighted by molar-refractivity contribution is 5.92.